The van der Waals surface area contributed by atoms with Gasteiger partial charge in [-0.2, -0.15) is 0 Å². The molecule has 0 radical (unpaired) electrons. The minimum atomic E-state index is -1.07. The molecule has 0 amide bonds. The number of epoxide rings is 1. The Hall–Kier alpha value is -1.52. The van der Waals surface area contributed by atoms with Crippen molar-refractivity contribution in [3.63, 3.8) is 0 Å². The average Bonchev–Trinajstić information content (AvgIpc) is 3.51. The van der Waals surface area contributed by atoms with E-state index in [2.05, 4.69) is 0 Å². The van der Waals surface area contributed by atoms with E-state index in [-0.39, 0.29) is 43.7 Å². The van der Waals surface area contributed by atoms with Crippen LogP contribution in [0.4, 0.5) is 0 Å². The first-order valence-corrected chi connectivity index (χ1v) is 12.0. The van der Waals surface area contributed by atoms with E-state index in [1.54, 1.807) is 13.8 Å². The Balaban J connectivity index is 1.67. The van der Waals surface area contributed by atoms with Crippen molar-refractivity contribution in [3.8, 4) is 0 Å². The first kappa shape index (κ1) is 27.7. The van der Waals surface area contributed by atoms with Crippen molar-refractivity contribution >= 4 is 11.9 Å². The maximum atomic E-state index is 12.0. The normalized spacial score (nSPS) is 31.6. The smallest absolute Gasteiger partial charge is 0.330 e. The fourth-order valence-electron chi connectivity index (χ4n) is 4.24. The summed E-state index contributed by atoms with van der Waals surface area (Å²) in [6.07, 6.45) is 2.10. The minimum absolute atomic E-state index is 0.0128. The zero-order valence-corrected chi connectivity index (χ0v) is 19.9. The van der Waals surface area contributed by atoms with E-state index in [0.717, 1.165) is 12.8 Å². The number of rotatable bonds is 14. The van der Waals surface area contributed by atoms with Crippen LogP contribution in [0.25, 0.3) is 0 Å². The topological polar surface area (TPSA) is 146 Å². The number of carboxylic acids is 1. The summed E-state index contributed by atoms with van der Waals surface area (Å²) in [7, 11) is 0. The van der Waals surface area contributed by atoms with Gasteiger partial charge < -0.3 is 34.6 Å². The molecule has 9 nitrogen and oxygen atoms in total. The molecule has 2 aliphatic rings. The molecule has 0 saturated carbocycles. The molecule has 2 heterocycles. The van der Waals surface area contributed by atoms with Crippen LogP contribution in [-0.4, -0.2) is 82.2 Å². The van der Waals surface area contributed by atoms with Gasteiger partial charge in [-0.1, -0.05) is 25.3 Å². The summed E-state index contributed by atoms with van der Waals surface area (Å²) < 4.78 is 16.6. The number of aliphatic hydroxyl groups excluding tert-OH is 3. The zero-order valence-electron chi connectivity index (χ0n) is 19.9. The van der Waals surface area contributed by atoms with Crippen LogP contribution in [0.5, 0.6) is 0 Å². The van der Waals surface area contributed by atoms with E-state index >= 15 is 0 Å². The van der Waals surface area contributed by atoms with Gasteiger partial charge in [0.2, 0.25) is 0 Å². The fraction of sp³-hybridized carbons (Fsp3) is 0.833. The van der Waals surface area contributed by atoms with Crippen molar-refractivity contribution in [2.75, 3.05) is 13.2 Å². The third-order valence-electron chi connectivity index (χ3n) is 6.59. The van der Waals surface area contributed by atoms with Gasteiger partial charge in [-0.15, -0.1) is 0 Å². The average molecular weight is 473 g/mol. The summed E-state index contributed by atoms with van der Waals surface area (Å²) in [6, 6.07) is 0. The third-order valence-corrected chi connectivity index (χ3v) is 6.59. The van der Waals surface area contributed by atoms with Gasteiger partial charge in [0.05, 0.1) is 43.7 Å². The van der Waals surface area contributed by atoms with Crippen LogP contribution in [0.15, 0.2) is 11.6 Å². The van der Waals surface area contributed by atoms with E-state index in [9.17, 15) is 24.9 Å². The Labute approximate surface area is 195 Å². The summed E-state index contributed by atoms with van der Waals surface area (Å²) in [5.41, 5.74) is 0.688. The molecule has 0 bridgehead atoms. The maximum Gasteiger partial charge on any atom is 0.330 e. The summed E-state index contributed by atoms with van der Waals surface area (Å²) in [5, 5.41) is 39.4. The van der Waals surface area contributed by atoms with Crippen molar-refractivity contribution in [2.45, 2.75) is 102 Å². The number of aliphatic carboxylic acids is 1. The van der Waals surface area contributed by atoms with Crippen LogP contribution < -0.4 is 0 Å². The van der Waals surface area contributed by atoms with Crippen molar-refractivity contribution in [3.05, 3.63) is 11.6 Å². The maximum absolute atomic E-state index is 12.0. The lowest BCUT2D eigenvalue weighted by molar-refractivity contribution is -0.165. The molecule has 2 aliphatic heterocycles. The first-order valence-electron chi connectivity index (χ1n) is 12.0. The molecule has 190 valence electrons. The van der Waals surface area contributed by atoms with Crippen molar-refractivity contribution in [1.29, 1.82) is 0 Å². The third kappa shape index (κ3) is 9.33. The molecule has 33 heavy (non-hydrogen) atoms. The van der Waals surface area contributed by atoms with Gasteiger partial charge in [0.25, 0.3) is 0 Å². The van der Waals surface area contributed by atoms with Gasteiger partial charge in [-0.05, 0) is 39.5 Å². The summed E-state index contributed by atoms with van der Waals surface area (Å²) in [4.78, 5) is 22.4. The lowest BCUT2D eigenvalue weighted by Gasteiger charge is -2.38. The van der Waals surface area contributed by atoms with E-state index in [4.69, 9.17) is 19.3 Å². The Morgan fingerprint density at radius 3 is 2.45 bits per heavy atom. The molecule has 0 aliphatic carbocycles. The van der Waals surface area contributed by atoms with E-state index in [0.29, 0.717) is 31.3 Å². The highest BCUT2D eigenvalue weighted by Crippen LogP contribution is 2.38. The largest absolute Gasteiger partial charge is 0.481 e. The van der Waals surface area contributed by atoms with Gasteiger partial charge in [-0.25, -0.2) is 4.79 Å². The first-order chi connectivity index (χ1) is 15.6. The number of hydrogen-bond acceptors (Lipinski definition) is 8. The molecule has 2 saturated heterocycles. The number of hydrogen-bond donors (Lipinski definition) is 4. The van der Waals surface area contributed by atoms with Gasteiger partial charge in [0.1, 0.15) is 6.10 Å². The molecule has 0 aromatic heterocycles. The molecular formula is C24H40O9. The number of esters is 1. The molecule has 4 N–H and O–H groups in total. The van der Waals surface area contributed by atoms with Gasteiger partial charge in [0, 0.05) is 24.3 Å². The second-order valence-electron chi connectivity index (χ2n) is 9.51. The predicted molar refractivity (Wildman–Crippen MR) is 119 cm³/mol. The molecule has 0 aromatic rings. The molecule has 1 unspecified atom stereocenters. The van der Waals surface area contributed by atoms with Gasteiger partial charge in [0.15, 0.2) is 0 Å². The monoisotopic (exact) mass is 472 g/mol. The number of carboxylic acid groups (broad SMARTS) is 1. The highest BCUT2D eigenvalue weighted by atomic mass is 16.6. The van der Waals surface area contributed by atoms with Crippen molar-refractivity contribution in [1.82, 2.24) is 0 Å². The standard InChI is InChI=1S/C24H40O9/c1-14(11-21(28)31-9-7-5-4-6-8-20(26)27)10-18-23(30)22(29)17(13-32-18)12-19-24(33-19)15(2)16(3)25/h11,15-19,22-25,29-30H,4-10,12-13H2,1-3H3,(H,26,27)/b14-11+/t15-,16-,17-,18-,19?,22+,23-,24-/m0/s1. The highest BCUT2D eigenvalue weighted by Gasteiger charge is 2.48. The highest BCUT2D eigenvalue weighted by molar-refractivity contribution is 5.82. The van der Waals surface area contributed by atoms with E-state index < -0.39 is 36.4 Å². The fourth-order valence-corrected chi connectivity index (χ4v) is 4.24. The summed E-state index contributed by atoms with van der Waals surface area (Å²) in [6.45, 7) is 5.97. The second kappa shape index (κ2) is 13.4. The van der Waals surface area contributed by atoms with Gasteiger partial charge in [-0.3, -0.25) is 4.79 Å². The predicted octanol–water partition coefficient (Wildman–Crippen LogP) is 1.81. The Kier molecular flexibility index (Phi) is 11.2. The quantitative estimate of drug-likeness (QED) is 0.129. The minimum Gasteiger partial charge on any atom is -0.481 e. The number of carbonyl (C=O) groups is 2. The Morgan fingerprint density at radius 1 is 1.09 bits per heavy atom. The zero-order chi connectivity index (χ0) is 24.5. The van der Waals surface area contributed by atoms with E-state index in [1.165, 1.54) is 6.08 Å². The lowest BCUT2D eigenvalue weighted by Crippen LogP contribution is -2.50. The van der Waals surface area contributed by atoms with Crippen LogP contribution in [-0.2, 0) is 23.8 Å². The van der Waals surface area contributed by atoms with Crippen LogP contribution in [0.1, 0.15) is 65.7 Å². The summed E-state index contributed by atoms with van der Waals surface area (Å²) >= 11 is 0. The number of carbonyl (C=O) groups excluding carboxylic acids is 1. The summed E-state index contributed by atoms with van der Waals surface area (Å²) in [5.74, 6) is -1.51. The molecule has 2 fully saturated rings. The van der Waals surface area contributed by atoms with Crippen LogP contribution in [0, 0.1) is 11.8 Å². The SMILES string of the molecule is C/C(=C\C(=O)OCCCCCCC(=O)O)C[C@@H]1OC[C@H](CC2O[C@H]2[C@@H](C)[C@H](C)O)[C@@H](O)[C@H]1O. The molecule has 0 aromatic carbocycles. The molecule has 2 rings (SSSR count). The molecule has 0 spiro atoms. The molecular weight excluding hydrogens is 432 g/mol. The van der Waals surface area contributed by atoms with Crippen LogP contribution in [0.2, 0.25) is 0 Å². The lowest BCUT2D eigenvalue weighted by atomic mass is 9.85. The second-order valence-corrected chi connectivity index (χ2v) is 9.51. The molecule has 9 heteroatoms. The van der Waals surface area contributed by atoms with Gasteiger partial charge >= 0.3 is 11.9 Å². The van der Waals surface area contributed by atoms with Crippen LogP contribution >= 0.6 is 0 Å². The number of unbranched alkanes of at least 4 members (excludes halogenated alkanes) is 3. The number of ether oxygens (including phenoxy) is 3. The Morgan fingerprint density at radius 2 is 1.79 bits per heavy atom. The van der Waals surface area contributed by atoms with Crippen molar-refractivity contribution in [2.24, 2.45) is 11.8 Å². The Bertz CT molecular complexity index is 662. The molecule has 8 atom stereocenters. The number of aliphatic hydroxyl groups is 3. The van der Waals surface area contributed by atoms with Crippen LogP contribution in [0.3, 0.4) is 0 Å². The van der Waals surface area contributed by atoms with E-state index in [1.807, 2.05) is 6.92 Å². The van der Waals surface area contributed by atoms with Crippen molar-refractivity contribution < 1.29 is 44.2 Å².